The van der Waals surface area contributed by atoms with Crippen LogP contribution in [0.2, 0.25) is 5.02 Å². The Morgan fingerprint density at radius 3 is 2.70 bits per heavy atom. The SMILES string of the molecule is CNC[C@H](O)COc1ccc(Cl)c(-c2nc(-c3c(C)noc3C)c(C)c(N3CCC4(CCN(C5CC5)C4)C3)n2)c1. The molecule has 1 aromatic carbocycles. The summed E-state index contributed by atoms with van der Waals surface area (Å²) in [4.78, 5) is 15.4. The Morgan fingerprint density at radius 2 is 1.98 bits per heavy atom. The molecule has 2 saturated heterocycles. The number of rotatable bonds is 9. The van der Waals surface area contributed by atoms with Crippen LogP contribution < -0.4 is 15.0 Å². The zero-order valence-corrected chi connectivity index (χ0v) is 24.6. The van der Waals surface area contributed by atoms with Crippen LogP contribution in [0.15, 0.2) is 22.7 Å². The monoisotopic (exact) mass is 566 g/mol. The van der Waals surface area contributed by atoms with E-state index in [1.807, 2.05) is 19.9 Å². The first-order valence-electron chi connectivity index (χ1n) is 14.3. The van der Waals surface area contributed by atoms with E-state index in [9.17, 15) is 5.11 Å². The number of ether oxygens (including phenoxy) is 1. The minimum atomic E-state index is -0.619. The molecule has 1 saturated carbocycles. The molecule has 3 aromatic rings. The van der Waals surface area contributed by atoms with Gasteiger partial charge in [0, 0.05) is 48.8 Å². The third-order valence-corrected chi connectivity index (χ3v) is 9.05. The summed E-state index contributed by atoms with van der Waals surface area (Å²) in [7, 11) is 1.80. The molecule has 9 nitrogen and oxygen atoms in total. The van der Waals surface area contributed by atoms with Crippen molar-refractivity contribution in [1.82, 2.24) is 25.3 Å². The molecule has 2 N–H and O–H groups in total. The van der Waals surface area contributed by atoms with Crippen LogP contribution in [-0.2, 0) is 0 Å². The second-order valence-corrected chi connectivity index (χ2v) is 12.2. The molecule has 0 bridgehead atoms. The highest BCUT2D eigenvalue weighted by molar-refractivity contribution is 6.33. The fourth-order valence-corrected chi connectivity index (χ4v) is 6.62. The van der Waals surface area contributed by atoms with Gasteiger partial charge in [-0.15, -0.1) is 0 Å². The molecule has 10 heteroatoms. The Bertz CT molecular complexity index is 1370. The van der Waals surface area contributed by atoms with Gasteiger partial charge in [-0.1, -0.05) is 16.8 Å². The number of anilines is 1. The fourth-order valence-electron chi connectivity index (χ4n) is 6.42. The number of likely N-dealkylation sites (N-methyl/N-ethyl adjacent to an activating group) is 1. The van der Waals surface area contributed by atoms with Crippen molar-refractivity contribution < 1.29 is 14.4 Å². The molecule has 1 unspecified atom stereocenters. The lowest BCUT2D eigenvalue weighted by molar-refractivity contribution is 0.108. The number of nitrogens with one attached hydrogen (secondary N) is 1. The number of aliphatic hydroxyl groups is 1. The van der Waals surface area contributed by atoms with E-state index in [0.717, 1.165) is 53.2 Å². The zero-order chi connectivity index (χ0) is 28.0. The maximum Gasteiger partial charge on any atom is 0.163 e. The summed E-state index contributed by atoms with van der Waals surface area (Å²) in [5, 5.41) is 17.8. The topological polar surface area (TPSA) is 99.8 Å². The van der Waals surface area contributed by atoms with Crippen LogP contribution in [0.1, 0.15) is 42.7 Å². The fraction of sp³-hybridized carbons (Fsp3) is 0.567. The minimum Gasteiger partial charge on any atom is -0.491 e. The third-order valence-electron chi connectivity index (χ3n) is 8.72. The van der Waals surface area contributed by atoms with E-state index >= 15 is 0 Å². The molecule has 0 amide bonds. The highest BCUT2D eigenvalue weighted by Gasteiger charge is 2.47. The van der Waals surface area contributed by atoms with Gasteiger partial charge in [-0.2, -0.15) is 0 Å². The van der Waals surface area contributed by atoms with Crippen molar-refractivity contribution in [3.8, 4) is 28.4 Å². The molecular weight excluding hydrogens is 528 g/mol. The molecule has 214 valence electrons. The van der Waals surface area contributed by atoms with Crippen molar-refractivity contribution in [2.75, 3.05) is 51.3 Å². The van der Waals surface area contributed by atoms with Gasteiger partial charge in [0.15, 0.2) is 5.82 Å². The maximum atomic E-state index is 10.1. The molecule has 3 fully saturated rings. The average molecular weight is 567 g/mol. The minimum absolute atomic E-state index is 0.167. The number of aliphatic hydroxyl groups excluding tert-OH is 1. The van der Waals surface area contributed by atoms with Crippen LogP contribution in [0.25, 0.3) is 22.6 Å². The van der Waals surface area contributed by atoms with Crippen LogP contribution >= 0.6 is 11.6 Å². The van der Waals surface area contributed by atoms with E-state index in [2.05, 4.69) is 27.2 Å². The predicted octanol–water partition coefficient (Wildman–Crippen LogP) is 4.40. The quantitative estimate of drug-likeness (QED) is 0.390. The molecule has 2 aromatic heterocycles. The zero-order valence-electron chi connectivity index (χ0n) is 23.8. The summed E-state index contributed by atoms with van der Waals surface area (Å²) in [5.74, 6) is 2.81. The van der Waals surface area contributed by atoms with Crippen LogP contribution in [0.4, 0.5) is 5.82 Å². The Labute approximate surface area is 240 Å². The number of likely N-dealkylation sites (tertiary alicyclic amines) is 1. The van der Waals surface area contributed by atoms with E-state index in [0.29, 0.717) is 34.1 Å². The van der Waals surface area contributed by atoms with Gasteiger partial charge in [0.1, 0.15) is 30.0 Å². The molecule has 3 aliphatic rings. The number of nitrogens with zero attached hydrogens (tertiary/aromatic N) is 5. The van der Waals surface area contributed by atoms with Crippen molar-refractivity contribution in [2.24, 2.45) is 5.41 Å². The third kappa shape index (κ3) is 5.32. The first-order chi connectivity index (χ1) is 19.3. The van der Waals surface area contributed by atoms with Crippen molar-refractivity contribution in [2.45, 2.75) is 58.6 Å². The van der Waals surface area contributed by atoms with Gasteiger partial charge in [0.2, 0.25) is 0 Å². The Morgan fingerprint density at radius 1 is 1.18 bits per heavy atom. The normalized spacial score (nSPS) is 22.0. The summed E-state index contributed by atoms with van der Waals surface area (Å²) >= 11 is 6.74. The molecule has 2 atom stereocenters. The molecule has 40 heavy (non-hydrogen) atoms. The second-order valence-electron chi connectivity index (χ2n) is 11.8. The van der Waals surface area contributed by atoms with Gasteiger partial charge >= 0.3 is 0 Å². The van der Waals surface area contributed by atoms with Crippen LogP contribution in [0, 0.1) is 26.2 Å². The highest BCUT2D eigenvalue weighted by Crippen LogP contribution is 2.46. The lowest BCUT2D eigenvalue weighted by Crippen LogP contribution is -2.32. The molecule has 0 radical (unpaired) electrons. The summed E-state index contributed by atoms with van der Waals surface area (Å²) in [6.07, 6.45) is 4.51. The highest BCUT2D eigenvalue weighted by atomic mass is 35.5. The summed E-state index contributed by atoms with van der Waals surface area (Å²) in [6, 6.07) is 6.27. The van der Waals surface area contributed by atoms with E-state index in [4.69, 9.17) is 30.8 Å². The Hall–Kier alpha value is -2.72. The number of aromatic nitrogens is 3. The molecule has 1 spiro atoms. The molecule has 2 aliphatic heterocycles. The average Bonchev–Trinajstić information content (AvgIpc) is 3.45. The molecule has 4 heterocycles. The van der Waals surface area contributed by atoms with Crippen molar-refractivity contribution in [3.05, 3.63) is 40.2 Å². The van der Waals surface area contributed by atoms with E-state index in [1.165, 1.54) is 38.8 Å². The molecule has 6 rings (SSSR count). The standard InChI is InChI=1S/C30H39ClN6O3/c1-18-27(26-19(2)35-40-20(26)3)33-28(24-13-23(7-8-25(24)31)39-15-22(38)14-32-4)34-29(18)37-12-10-30(17-37)9-11-36(16-30)21-5-6-21/h7-8,13,21-22,32,38H,5-6,9-12,14-17H2,1-4H3/t22-,30?/m0/s1. The van der Waals surface area contributed by atoms with Crippen LogP contribution in [-0.4, -0.2) is 83.7 Å². The summed E-state index contributed by atoms with van der Waals surface area (Å²) < 4.78 is 11.4. The lowest BCUT2D eigenvalue weighted by atomic mass is 9.86. The van der Waals surface area contributed by atoms with Crippen molar-refractivity contribution in [3.63, 3.8) is 0 Å². The van der Waals surface area contributed by atoms with Crippen molar-refractivity contribution in [1.29, 1.82) is 0 Å². The Kier molecular flexibility index (Phi) is 7.50. The number of aryl methyl sites for hydroxylation is 2. The van der Waals surface area contributed by atoms with Crippen LogP contribution in [0.5, 0.6) is 5.75 Å². The van der Waals surface area contributed by atoms with Gasteiger partial charge in [-0.05, 0) is 78.2 Å². The van der Waals surface area contributed by atoms with Crippen molar-refractivity contribution >= 4 is 17.4 Å². The van der Waals surface area contributed by atoms with Crippen LogP contribution in [0.3, 0.4) is 0 Å². The maximum absolute atomic E-state index is 10.1. The van der Waals surface area contributed by atoms with E-state index in [-0.39, 0.29) is 6.61 Å². The smallest absolute Gasteiger partial charge is 0.163 e. The van der Waals surface area contributed by atoms with Gasteiger partial charge in [-0.25, -0.2) is 9.97 Å². The first kappa shape index (κ1) is 27.4. The second kappa shape index (κ2) is 10.9. The summed E-state index contributed by atoms with van der Waals surface area (Å²) in [6.45, 7) is 10.9. The Balaban J connectivity index is 1.37. The largest absolute Gasteiger partial charge is 0.491 e. The predicted molar refractivity (Wildman–Crippen MR) is 156 cm³/mol. The van der Waals surface area contributed by atoms with Gasteiger partial charge < -0.3 is 24.6 Å². The molecular formula is C30H39ClN6O3. The van der Waals surface area contributed by atoms with Gasteiger partial charge in [0.05, 0.1) is 22.0 Å². The van der Waals surface area contributed by atoms with Gasteiger partial charge in [0.25, 0.3) is 0 Å². The number of hydrogen-bond donors (Lipinski definition) is 2. The van der Waals surface area contributed by atoms with E-state index in [1.54, 1.807) is 19.2 Å². The number of benzene rings is 1. The number of hydrogen-bond acceptors (Lipinski definition) is 9. The lowest BCUT2D eigenvalue weighted by Gasteiger charge is -2.26. The van der Waals surface area contributed by atoms with Gasteiger partial charge in [-0.3, -0.25) is 4.90 Å². The number of halogens is 1. The molecule has 1 aliphatic carbocycles. The first-order valence-corrected chi connectivity index (χ1v) is 14.7. The van der Waals surface area contributed by atoms with E-state index < -0.39 is 6.10 Å². The summed E-state index contributed by atoms with van der Waals surface area (Å²) in [5.41, 5.74) is 4.54.